The van der Waals surface area contributed by atoms with Gasteiger partial charge < -0.3 is 9.99 Å². The summed E-state index contributed by atoms with van der Waals surface area (Å²) in [6.07, 6.45) is 3.17. The molecule has 0 radical (unpaired) electrons. The van der Waals surface area contributed by atoms with E-state index in [4.69, 9.17) is 5.84 Å². The highest BCUT2D eigenvalue weighted by atomic mass is 16.1. The van der Waals surface area contributed by atoms with Gasteiger partial charge in [0.1, 0.15) is 0 Å². The van der Waals surface area contributed by atoms with Gasteiger partial charge in [-0.3, -0.25) is 4.79 Å². The normalized spacial score (nSPS) is 10.3. The van der Waals surface area contributed by atoms with Crippen LogP contribution >= 0.6 is 0 Å². The lowest BCUT2D eigenvalue weighted by molar-refractivity contribution is 0.575. The molecule has 66 valence electrons. The minimum absolute atomic E-state index is 0.118. The predicted molar refractivity (Wildman–Crippen MR) is 46.7 cm³/mol. The molecule has 1 heterocycles. The zero-order valence-electron chi connectivity index (χ0n) is 7.11. The monoisotopic (exact) mass is 168 g/mol. The fourth-order valence-corrected chi connectivity index (χ4v) is 0.931. The van der Waals surface area contributed by atoms with Gasteiger partial charge in [0.05, 0.1) is 0 Å². The molecule has 3 N–H and O–H groups in total. The summed E-state index contributed by atoms with van der Waals surface area (Å²) in [4.78, 5) is 15.2. The zero-order chi connectivity index (χ0) is 9.14. The molecule has 0 aliphatic heterocycles. The number of aromatic nitrogens is 2. The van der Waals surface area contributed by atoms with E-state index in [2.05, 4.69) is 10.4 Å². The van der Waals surface area contributed by atoms with Crippen molar-refractivity contribution in [3.63, 3.8) is 0 Å². The average molecular weight is 168 g/mol. The molecule has 0 saturated carbocycles. The molecular weight excluding hydrogens is 156 g/mol. The first-order valence-corrected chi connectivity index (χ1v) is 3.70. The first-order valence-electron chi connectivity index (χ1n) is 3.70. The summed E-state index contributed by atoms with van der Waals surface area (Å²) in [5.74, 6) is 5.27. The molecule has 0 aliphatic carbocycles. The molecule has 0 fully saturated rings. The van der Waals surface area contributed by atoms with Crippen LogP contribution < -0.4 is 16.8 Å². The van der Waals surface area contributed by atoms with Crippen LogP contribution in [-0.2, 0) is 0 Å². The molecule has 0 bridgehead atoms. The molecule has 1 aromatic rings. The molecule has 12 heavy (non-hydrogen) atoms. The van der Waals surface area contributed by atoms with Crippen LogP contribution in [0, 0.1) is 0 Å². The topological polar surface area (TPSA) is 72.9 Å². The quantitative estimate of drug-likeness (QED) is 0.485. The molecule has 0 unspecified atom stereocenters. The second-order valence-electron chi connectivity index (χ2n) is 2.73. The molecule has 0 atom stereocenters. The first kappa shape index (κ1) is 8.73. The van der Waals surface area contributed by atoms with E-state index in [9.17, 15) is 4.79 Å². The van der Waals surface area contributed by atoms with Gasteiger partial charge in [0.15, 0.2) is 0 Å². The van der Waals surface area contributed by atoms with E-state index in [1.807, 2.05) is 13.8 Å². The number of hydrazine groups is 1. The minimum Gasteiger partial charge on any atom is -0.308 e. The molecule has 0 aromatic carbocycles. The smallest absolute Gasteiger partial charge is 0.294 e. The Morgan fingerprint density at radius 2 is 2.33 bits per heavy atom. The Balaban J connectivity index is 3.24. The number of anilines is 1. The van der Waals surface area contributed by atoms with Crippen LogP contribution in [0.25, 0.3) is 0 Å². The van der Waals surface area contributed by atoms with E-state index in [-0.39, 0.29) is 17.4 Å². The van der Waals surface area contributed by atoms with Crippen molar-refractivity contribution in [3.05, 3.63) is 22.7 Å². The van der Waals surface area contributed by atoms with Gasteiger partial charge >= 0.3 is 0 Å². The lowest BCUT2D eigenvalue weighted by atomic mass is 10.4. The lowest BCUT2D eigenvalue weighted by Crippen LogP contribution is -2.27. The van der Waals surface area contributed by atoms with Gasteiger partial charge in [0, 0.05) is 18.4 Å². The van der Waals surface area contributed by atoms with E-state index in [0.717, 1.165) is 0 Å². The molecular formula is C7H12N4O. The van der Waals surface area contributed by atoms with Crippen LogP contribution in [-0.4, -0.2) is 9.55 Å². The van der Waals surface area contributed by atoms with E-state index < -0.39 is 0 Å². The van der Waals surface area contributed by atoms with Crippen LogP contribution in [0.2, 0.25) is 0 Å². The molecule has 0 amide bonds. The summed E-state index contributed by atoms with van der Waals surface area (Å²) in [5, 5.41) is 0. The highest BCUT2D eigenvalue weighted by Gasteiger charge is 2.04. The van der Waals surface area contributed by atoms with Gasteiger partial charge in [0.25, 0.3) is 5.56 Å². The maximum absolute atomic E-state index is 11.4. The van der Waals surface area contributed by atoms with Gasteiger partial charge in [-0.25, -0.2) is 10.8 Å². The first-order chi connectivity index (χ1) is 5.66. The van der Waals surface area contributed by atoms with Crippen LogP contribution in [0.4, 0.5) is 5.82 Å². The van der Waals surface area contributed by atoms with Crippen molar-refractivity contribution in [2.24, 2.45) is 5.84 Å². The summed E-state index contributed by atoms with van der Waals surface area (Å²) >= 11 is 0. The highest BCUT2D eigenvalue weighted by Crippen LogP contribution is 1.99. The molecule has 0 spiro atoms. The third-order valence-corrected chi connectivity index (χ3v) is 1.56. The number of nitrogens with two attached hydrogens (primary N) is 1. The van der Waals surface area contributed by atoms with Crippen molar-refractivity contribution in [2.75, 3.05) is 5.43 Å². The Morgan fingerprint density at radius 1 is 1.67 bits per heavy atom. The van der Waals surface area contributed by atoms with Gasteiger partial charge in [-0.1, -0.05) is 0 Å². The van der Waals surface area contributed by atoms with Crippen LogP contribution in [0.15, 0.2) is 17.2 Å². The maximum Gasteiger partial charge on any atom is 0.294 e. The van der Waals surface area contributed by atoms with Gasteiger partial charge in [-0.05, 0) is 13.8 Å². The Kier molecular flexibility index (Phi) is 2.44. The van der Waals surface area contributed by atoms with Crippen molar-refractivity contribution in [1.82, 2.24) is 9.55 Å². The molecule has 1 aromatic heterocycles. The summed E-state index contributed by atoms with van der Waals surface area (Å²) in [6.45, 7) is 3.84. The van der Waals surface area contributed by atoms with Crippen LogP contribution in [0.1, 0.15) is 19.9 Å². The average Bonchev–Trinajstić information content (AvgIpc) is 2.04. The lowest BCUT2D eigenvalue weighted by Gasteiger charge is -2.09. The Bertz CT molecular complexity index is 317. The van der Waals surface area contributed by atoms with Crippen LogP contribution in [0.3, 0.4) is 0 Å². The molecule has 0 aliphatic rings. The Labute approximate surface area is 70.2 Å². The van der Waals surface area contributed by atoms with E-state index in [0.29, 0.717) is 0 Å². The second-order valence-corrected chi connectivity index (χ2v) is 2.73. The number of nitrogens with one attached hydrogen (secondary N) is 1. The molecule has 5 nitrogen and oxygen atoms in total. The third-order valence-electron chi connectivity index (χ3n) is 1.56. The zero-order valence-corrected chi connectivity index (χ0v) is 7.11. The third kappa shape index (κ3) is 1.45. The predicted octanol–water partition coefficient (Wildman–Crippen LogP) is 0.110. The maximum atomic E-state index is 11.4. The Hall–Kier alpha value is -1.36. The van der Waals surface area contributed by atoms with Crippen molar-refractivity contribution < 1.29 is 0 Å². The molecule has 0 saturated heterocycles. The van der Waals surface area contributed by atoms with Crippen molar-refractivity contribution in [3.8, 4) is 0 Å². The fraction of sp³-hybridized carbons (Fsp3) is 0.429. The van der Waals surface area contributed by atoms with E-state index in [1.54, 1.807) is 10.8 Å². The fourth-order valence-electron chi connectivity index (χ4n) is 0.931. The highest BCUT2D eigenvalue weighted by molar-refractivity contribution is 5.28. The number of rotatable bonds is 2. The number of nitrogens with zero attached hydrogens (tertiary/aromatic N) is 2. The van der Waals surface area contributed by atoms with Gasteiger partial charge in [-0.2, -0.15) is 0 Å². The van der Waals surface area contributed by atoms with E-state index >= 15 is 0 Å². The summed E-state index contributed by atoms with van der Waals surface area (Å²) in [6, 6.07) is 0.118. The van der Waals surface area contributed by atoms with Crippen molar-refractivity contribution >= 4 is 5.82 Å². The summed E-state index contributed by atoms with van der Waals surface area (Å²) < 4.78 is 1.56. The summed E-state index contributed by atoms with van der Waals surface area (Å²) in [7, 11) is 0. The van der Waals surface area contributed by atoms with Crippen LogP contribution in [0.5, 0.6) is 0 Å². The van der Waals surface area contributed by atoms with Gasteiger partial charge in [0.2, 0.25) is 5.82 Å². The molecule has 5 heteroatoms. The number of nitrogen functional groups attached to an aromatic ring is 1. The minimum atomic E-state index is -0.199. The molecule has 1 rings (SSSR count). The Morgan fingerprint density at radius 3 is 2.83 bits per heavy atom. The number of hydrogen-bond acceptors (Lipinski definition) is 4. The standard InChI is InChI=1S/C7H12N4O/c1-5(2)11-4-3-9-6(10-8)7(11)12/h3-5H,8H2,1-2H3,(H,9,10). The number of hydrogen-bond donors (Lipinski definition) is 2. The summed E-state index contributed by atoms with van der Waals surface area (Å²) in [5.41, 5.74) is 2.05. The second kappa shape index (κ2) is 3.36. The SMILES string of the molecule is CC(C)n1ccnc(NN)c1=O. The van der Waals surface area contributed by atoms with Gasteiger partial charge in [-0.15, -0.1) is 0 Å². The van der Waals surface area contributed by atoms with Crippen molar-refractivity contribution in [1.29, 1.82) is 0 Å². The van der Waals surface area contributed by atoms with E-state index in [1.165, 1.54) is 6.20 Å². The van der Waals surface area contributed by atoms with Crippen molar-refractivity contribution in [2.45, 2.75) is 19.9 Å². The largest absolute Gasteiger partial charge is 0.308 e.